The van der Waals surface area contributed by atoms with Gasteiger partial charge in [-0.25, -0.2) is 0 Å². The number of benzene rings is 3. The second kappa shape index (κ2) is 9.16. The maximum absolute atomic E-state index is 5.94. The van der Waals surface area contributed by atoms with Gasteiger partial charge in [0.25, 0.3) is 0 Å². The van der Waals surface area contributed by atoms with Crippen LogP contribution in [0.1, 0.15) is 18.1 Å². The van der Waals surface area contributed by atoms with E-state index in [1.807, 2.05) is 73.7 Å². The van der Waals surface area contributed by atoms with Crippen LogP contribution in [0.5, 0.6) is 11.5 Å². The molecule has 4 heteroatoms. The fourth-order valence-corrected chi connectivity index (χ4v) is 2.68. The van der Waals surface area contributed by atoms with Gasteiger partial charge in [0, 0.05) is 17.3 Å². The van der Waals surface area contributed by atoms with E-state index in [0.29, 0.717) is 13.2 Å². The first-order valence-corrected chi connectivity index (χ1v) is 9.04. The molecule has 0 bridgehead atoms. The summed E-state index contributed by atoms with van der Waals surface area (Å²) in [6, 6.07) is 23.8. The number of hydrogen-bond donors (Lipinski definition) is 1. The molecular formula is C22H22ClNO2. The van der Waals surface area contributed by atoms with Crippen molar-refractivity contribution in [2.24, 2.45) is 0 Å². The maximum Gasteiger partial charge on any atom is 0.161 e. The average Bonchev–Trinajstić information content (AvgIpc) is 2.68. The molecule has 0 spiro atoms. The Bertz CT molecular complexity index is 819. The Morgan fingerprint density at radius 3 is 2.27 bits per heavy atom. The van der Waals surface area contributed by atoms with Crippen LogP contribution in [0.3, 0.4) is 0 Å². The van der Waals surface area contributed by atoms with Crippen molar-refractivity contribution in [2.75, 3.05) is 11.9 Å². The van der Waals surface area contributed by atoms with Crippen LogP contribution in [0.15, 0.2) is 72.8 Å². The Hall–Kier alpha value is -2.65. The highest BCUT2D eigenvalue weighted by Gasteiger charge is 2.07. The summed E-state index contributed by atoms with van der Waals surface area (Å²) in [5.74, 6) is 1.50. The van der Waals surface area contributed by atoms with Crippen LogP contribution in [-0.2, 0) is 13.2 Å². The molecule has 3 nitrogen and oxygen atoms in total. The zero-order chi connectivity index (χ0) is 18.2. The third-order valence-corrected chi connectivity index (χ3v) is 4.14. The van der Waals surface area contributed by atoms with Crippen molar-refractivity contribution in [1.82, 2.24) is 0 Å². The molecule has 0 saturated carbocycles. The van der Waals surface area contributed by atoms with E-state index in [9.17, 15) is 0 Å². The number of hydrogen-bond acceptors (Lipinski definition) is 3. The largest absolute Gasteiger partial charge is 0.490 e. The lowest BCUT2D eigenvalue weighted by Gasteiger charge is -2.14. The van der Waals surface area contributed by atoms with E-state index in [-0.39, 0.29) is 0 Å². The van der Waals surface area contributed by atoms with Crippen LogP contribution in [-0.4, -0.2) is 6.61 Å². The Balaban J connectivity index is 1.66. The first-order chi connectivity index (χ1) is 12.7. The standard InChI is InChI=1S/C22H22ClNO2/c1-2-25-22-14-18(15-24-20-6-4-3-5-7-20)10-13-21(22)26-16-17-8-11-19(23)12-9-17/h3-14,24H,2,15-16H2,1H3. The number of nitrogens with one attached hydrogen (secondary N) is 1. The summed E-state index contributed by atoms with van der Waals surface area (Å²) in [4.78, 5) is 0. The fraction of sp³-hybridized carbons (Fsp3) is 0.182. The summed E-state index contributed by atoms with van der Waals surface area (Å²) in [7, 11) is 0. The van der Waals surface area contributed by atoms with Gasteiger partial charge in [-0.1, -0.05) is 48.0 Å². The second-order valence-electron chi connectivity index (χ2n) is 5.85. The van der Waals surface area contributed by atoms with Gasteiger partial charge in [0.2, 0.25) is 0 Å². The molecule has 134 valence electrons. The zero-order valence-corrected chi connectivity index (χ0v) is 15.5. The lowest BCUT2D eigenvalue weighted by molar-refractivity contribution is 0.269. The number of anilines is 1. The van der Waals surface area contributed by atoms with Crippen molar-refractivity contribution in [3.63, 3.8) is 0 Å². The monoisotopic (exact) mass is 367 g/mol. The van der Waals surface area contributed by atoms with Gasteiger partial charge < -0.3 is 14.8 Å². The van der Waals surface area contributed by atoms with Crippen molar-refractivity contribution in [2.45, 2.75) is 20.1 Å². The molecule has 0 heterocycles. The molecule has 3 aromatic carbocycles. The van der Waals surface area contributed by atoms with Gasteiger partial charge in [-0.2, -0.15) is 0 Å². The lowest BCUT2D eigenvalue weighted by Crippen LogP contribution is -2.03. The molecule has 0 amide bonds. The van der Waals surface area contributed by atoms with E-state index in [0.717, 1.165) is 39.9 Å². The van der Waals surface area contributed by atoms with Crippen LogP contribution in [0.4, 0.5) is 5.69 Å². The Morgan fingerprint density at radius 2 is 1.54 bits per heavy atom. The molecule has 0 radical (unpaired) electrons. The molecule has 3 aromatic rings. The molecular weight excluding hydrogens is 346 g/mol. The van der Waals surface area contributed by atoms with Gasteiger partial charge in [0.1, 0.15) is 6.61 Å². The summed E-state index contributed by atoms with van der Waals surface area (Å²) >= 11 is 5.92. The predicted octanol–water partition coefficient (Wildman–Crippen LogP) is 5.93. The minimum absolute atomic E-state index is 0.471. The molecule has 0 fully saturated rings. The van der Waals surface area contributed by atoms with Crippen molar-refractivity contribution < 1.29 is 9.47 Å². The van der Waals surface area contributed by atoms with Crippen molar-refractivity contribution in [3.8, 4) is 11.5 Å². The van der Waals surface area contributed by atoms with E-state index in [2.05, 4.69) is 11.4 Å². The molecule has 0 aliphatic rings. The summed E-state index contributed by atoms with van der Waals surface area (Å²) in [6.07, 6.45) is 0. The first kappa shape index (κ1) is 18.2. The minimum atomic E-state index is 0.471. The third kappa shape index (κ3) is 5.17. The smallest absolute Gasteiger partial charge is 0.161 e. The van der Waals surface area contributed by atoms with Crippen LogP contribution in [0.2, 0.25) is 5.02 Å². The molecule has 3 rings (SSSR count). The lowest BCUT2D eigenvalue weighted by atomic mass is 10.2. The molecule has 0 aliphatic heterocycles. The van der Waals surface area contributed by atoms with E-state index in [4.69, 9.17) is 21.1 Å². The predicted molar refractivity (Wildman–Crippen MR) is 107 cm³/mol. The van der Waals surface area contributed by atoms with Gasteiger partial charge >= 0.3 is 0 Å². The van der Waals surface area contributed by atoms with Gasteiger partial charge in [-0.05, 0) is 54.4 Å². The summed E-state index contributed by atoms with van der Waals surface area (Å²) in [5.41, 5.74) is 3.29. The molecule has 0 atom stereocenters. The van der Waals surface area contributed by atoms with Gasteiger partial charge in [0.05, 0.1) is 6.61 Å². The van der Waals surface area contributed by atoms with E-state index >= 15 is 0 Å². The van der Waals surface area contributed by atoms with Crippen molar-refractivity contribution in [1.29, 1.82) is 0 Å². The average molecular weight is 368 g/mol. The Labute approximate surface area is 159 Å². The minimum Gasteiger partial charge on any atom is -0.490 e. The number of para-hydroxylation sites is 1. The summed E-state index contributed by atoms with van der Waals surface area (Å²) in [5, 5.41) is 4.13. The number of rotatable bonds is 8. The Morgan fingerprint density at radius 1 is 0.808 bits per heavy atom. The highest BCUT2D eigenvalue weighted by Crippen LogP contribution is 2.29. The first-order valence-electron chi connectivity index (χ1n) is 8.66. The number of ether oxygens (including phenoxy) is 2. The summed E-state index contributed by atoms with van der Waals surface area (Å²) in [6.45, 7) is 3.76. The van der Waals surface area contributed by atoms with E-state index in [1.165, 1.54) is 0 Å². The van der Waals surface area contributed by atoms with Crippen molar-refractivity contribution >= 4 is 17.3 Å². The van der Waals surface area contributed by atoms with Gasteiger partial charge in [-0.3, -0.25) is 0 Å². The molecule has 0 aliphatic carbocycles. The molecule has 0 aromatic heterocycles. The summed E-state index contributed by atoms with van der Waals surface area (Å²) < 4.78 is 11.7. The quantitative estimate of drug-likeness (QED) is 0.535. The third-order valence-electron chi connectivity index (χ3n) is 3.89. The topological polar surface area (TPSA) is 30.5 Å². The van der Waals surface area contributed by atoms with E-state index in [1.54, 1.807) is 0 Å². The molecule has 26 heavy (non-hydrogen) atoms. The fourth-order valence-electron chi connectivity index (χ4n) is 2.55. The molecule has 0 unspecified atom stereocenters. The van der Waals surface area contributed by atoms with Gasteiger partial charge in [0.15, 0.2) is 11.5 Å². The molecule has 0 saturated heterocycles. The van der Waals surface area contributed by atoms with E-state index < -0.39 is 0 Å². The van der Waals surface area contributed by atoms with Crippen LogP contribution < -0.4 is 14.8 Å². The van der Waals surface area contributed by atoms with Crippen LogP contribution in [0.25, 0.3) is 0 Å². The van der Waals surface area contributed by atoms with Crippen LogP contribution in [0, 0.1) is 0 Å². The second-order valence-corrected chi connectivity index (χ2v) is 6.29. The molecule has 1 N–H and O–H groups in total. The van der Waals surface area contributed by atoms with Crippen molar-refractivity contribution in [3.05, 3.63) is 88.9 Å². The Kier molecular flexibility index (Phi) is 6.39. The highest BCUT2D eigenvalue weighted by atomic mass is 35.5. The van der Waals surface area contributed by atoms with Gasteiger partial charge in [-0.15, -0.1) is 0 Å². The normalized spacial score (nSPS) is 10.4. The van der Waals surface area contributed by atoms with Crippen LogP contribution >= 0.6 is 11.6 Å². The maximum atomic E-state index is 5.94. The highest BCUT2D eigenvalue weighted by molar-refractivity contribution is 6.30. The SMILES string of the molecule is CCOc1cc(CNc2ccccc2)ccc1OCc1ccc(Cl)cc1. The zero-order valence-electron chi connectivity index (χ0n) is 14.7. The number of halogens is 1.